The summed E-state index contributed by atoms with van der Waals surface area (Å²) in [7, 11) is 2.86. The van der Waals surface area contributed by atoms with Crippen molar-refractivity contribution in [1.29, 1.82) is 0 Å². The first kappa shape index (κ1) is 16.2. The van der Waals surface area contributed by atoms with Crippen molar-refractivity contribution in [2.45, 2.75) is 0 Å². The van der Waals surface area contributed by atoms with Crippen LogP contribution in [0.1, 0.15) is 20.7 Å². The van der Waals surface area contributed by atoms with E-state index in [9.17, 15) is 19.8 Å². The van der Waals surface area contributed by atoms with Gasteiger partial charge in [0, 0.05) is 12.1 Å². The molecule has 0 atom stereocenters. The number of carboxylic acid groups (broad SMARTS) is 1. The highest BCUT2D eigenvalue weighted by molar-refractivity contribution is 6.09. The summed E-state index contributed by atoms with van der Waals surface area (Å²) in [6.45, 7) is 0. The lowest BCUT2D eigenvalue weighted by atomic mass is 10.1. The lowest BCUT2D eigenvalue weighted by Crippen LogP contribution is -2.15. The number of amides is 1. The van der Waals surface area contributed by atoms with Gasteiger partial charge in [0.2, 0.25) is 0 Å². The SMILES string of the molecule is COc1ccc(C(=O)Nc2cc(OC)ccc2C(=O)O)c(O)c1. The number of anilines is 1. The summed E-state index contributed by atoms with van der Waals surface area (Å²) in [5, 5.41) is 21.5. The Morgan fingerprint density at radius 1 is 0.957 bits per heavy atom. The molecular formula is C16H15NO6. The van der Waals surface area contributed by atoms with Crippen LogP contribution in [0, 0.1) is 0 Å². The molecule has 23 heavy (non-hydrogen) atoms. The van der Waals surface area contributed by atoms with Gasteiger partial charge in [-0.3, -0.25) is 4.79 Å². The van der Waals surface area contributed by atoms with Gasteiger partial charge in [0.15, 0.2) is 0 Å². The molecule has 0 spiro atoms. The second kappa shape index (κ2) is 6.69. The van der Waals surface area contributed by atoms with Crippen molar-refractivity contribution >= 4 is 17.6 Å². The minimum Gasteiger partial charge on any atom is -0.507 e. The third-order valence-electron chi connectivity index (χ3n) is 3.15. The molecule has 2 aromatic rings. The summed E-state index contributed by atoms with van der Waals surface area (Å²) < 4.78 is 9.96. The topological polar surface area (TPSA) is 105 Å². The van der Waals surface area contributed by atoms with Gasteiger partial charge in [-0.2, -0.15) is 0 Å². The van der Waals surface area contributed by atoms with Gasteiger partial charge in [-0.15, -0.1) is 0 Å². The Kier molecular flexibility index (Phi) is 4.70. The molecule has 0 saturated carbocycles. The van der Waals surface area contributed by atoms with Crippen molar-refractivity contribution in [2.75, 3.05) is 19.5 Å². The summed E-state index contributed by atoms with van der Waals surface area (Å²) in [6, 6.07) is 8.37. The molecule has 0 bridgehead atoms. The number of phenols is 1. The molecular weight excluding hydrogens is 302 g/mol. The first-order valence-corrected chi connectivity index (χ1v) is 6.56. The van der Waals surface area contributed by atoms with E-state index in [2.05, 4.69) is 5.32 Å². The van der Waals surface area contributed by atoms with E-state index in [-0.39, 0.29) is 22.6 Å². The largest absolute Gasteiger partial charge is 0.507 e. The Labute approximate surface area is 132 Å². The number of benzene rings is 2. The molecule has 0 saturated heterocycles. The Balaban J connectivity index is 2.34. The fourth-order valence-electron chi connectivity index (χ4n) is 1.96. The number of hydrogen-bond acceptors (Lipinski definition) is 5. The minimum atomic E-state index is -1.19. The first-order chi connectivity index (χ1) is 11.0. The summed E-state index contributed by atoms with van der Waals surface area (Å²) >= 11 is 0. The van der Waals surface area contributed by atoms with Crippen molar-refractivity contribution < 1.29 is 29.3 Å². The van der Waals surface area contributed by atoms with Gasteiger partial charge in [0.25, 0.3) is 5.91 Å². The molecule has 0 aliphatic rings. The number of carbonyl (C=O) groups excluding carboxylic acids is 1. The van der Waals surface area contributed by atoms with E-state index in [1.165, 1.54) is 50.6 Å². The fraction of sp³-hybridized carbons (Fsp3) is 0.125. The number of methoxy groups -OCH3 is 2. The maximum atomic E-state index is 12.3. The quantitative estimate of drug-likeness (QED) is 0.782. The lowest BCUT2D eigenvalue weighted by molar-refractivity contribution is 0.0698. The number of aromatic carboxylic acids is 1. The van der Waals surface area contributed by atoms with Gasteiger partial charge >= 0.3 is 5.97 Å². The molecule has 7 nitrogen and oxygen atoms in total. The maximum absolute atomic E-state index is 12.3. The van der Waals surface area contributed by atoms with Gasteiger partial charge in [-0.25, -0.2) is 4.79 Å². The van der Waals surface area contributed by atoms with Crippen molar-refractivity contribution in [3.8, 4) is 17.2 Å². The summed E-state index contributed by atoms with van der Waals surface area (Å²) in [4.78, 5) is 23.5. The van der Waals surface area contributed by atoms with Crippen LogP contribution < -0.4 is 14.8 Å². The van der Waals surface area contributed by atoms with Gasteiger partial charge in [-0.05, 0) is 24.3 Å². The zero-order valence-electron chi connectivity index (χ0n) is 12.5. The van der Waals surface area contributed by atoms with Gasteiger partial charge in [0.05, 0.1) is 31.0 Å². The standard InChI is InChI=1S/C16H15NO6/c1-22-9-3-5-11(16(20)21)13(7-9)17-15(19)12-6-4-10(23-2)8-14(12)18/h3-8,18H,1-2H3,(H,17,19)(H,20,21). The van der Waals surface area contributed by atoms with E-state index in [1.807, 2.05) is 0 Å². The molecule has 0 aliphatic heterocycles. The van der Waals surface area contributed by atoms with Crippen LogP contribution in [-0.4, -0.2) is 36.3 Å². The smallest absolute Gasteiger partial charge is 0.337 e. The second-order valence-corrected chi connectivity index (χ2v) is 4.55. The summed E-state index contributed by atoms with van der Waals surface area (Å²) in [6.07, 6.45) is 0. The molecule has 2 rings (SSSR count). The van der Waals surface area contributed by atoms with Crippen molar-refractivity contribution in [2.24, 2.45) is 0 Å². The van der Waals surface area contributed by atoms with Gasteiger partial charge in [-0.1, -0.05) is 0 Å². The van der Waals surface area contributed by atoms with E-state index in [0.29, 0.717) is 11.5 Å². The Hall–Kier alpha value is -3.22. The van der Waals surface area contributed by atoms with Crippen molar-refractivity contribution in [1.82, 2.24) is 0 Å². The molecule has 0 radical (unpaired) electrons. The predicted molar refractivity (Wildman–Crippen MR) is 82.6 cm³/mol. The van der Waals surface area contributed by atoms with Gasteiger partial charge < -0.3 is 25.0 Å². The van der Waals surface area contributed by atoms with Crippen LogP contribution in [0.25, 0.3) is 0 Å². The lowest BCUT2D eigenvalue weighted by Gasteiger charge is -2.11. The van der Waals surface area contributed by atoms with E-state index in [4.69, 9.17) is 9.47 Å². The Morgan fingerprint density at radius 3 is 2.04 bits per heavy atom. The molecule has 7 heteroatoms. The zero-order chi connectivity index (χ0) is 17.0. The highest BCUT2D eigenvalue weighted by atomic mass is 16.5. The van der Waals surface area contributed by atoms with Crippen molar-refractivity contribution in [3.05, 3.63) is 47.5 Å². The zero-order valence-corrected chi connectivity index (χ0v) is 12.5. The second-order valence-electron chi connectivity index (χ2n) is 4.55. The maximum Gasteiger partial charge on any atom is 0.337 e. The number of hydrogen-bond donors (Lipinski definition) is 3. The van der Waals surface area contributed by atoms with E-state index in [1.54, 1.807) is 0 Å². The van der Waals surface area contributed by atoms with E-state index >= 15 is 0 Å². The van der Waals surface area contributed by atoms with Crippen LogP contribution in [0.15, 0.2) is 36.4 Å². The molecule has 120 valence electrons. The highest BCUT2D eigenvalue weighted by Gasteiger charge is 2.17. The molecule has 0 unspecified atom stereocenters. The number of rotatable bonds is 5. The predicted octanol–water partition coefficient (Wildman–Crippen LogP) is 2.36. The van der Waals surface area contributed by atoms with Crippen LogP contribution >= 0.6 is 0 Å². The van der Waals surface area contributed by atoms with E-state index in [0.717, 1.165) is 0 Å². The number of carboxylic acids is 1. The van der Waals surface area contributed by atoms with Crippen molar-refractivity contribution in [3.63, 3.8) is 0 Å². The summed E-state index contributed by atoms with van der Waals surface area (Å²) in [5.74, 6) is -1.33. The minimum absolute atomic E-state index is 0.00930. The molecule has 0 fully saturated rings. The van der Waals surface area contributed by atoms with Crippen LogP contribution in [-0.2, 0) is 0 Å². The number of nitrogens with one attached hydrogen (secondary N) is 1. The third kappa shape index (κ3) is 3.52. The number of aromatic hydroxyl groups is 1. The third-order valence-corrected chi connectivity index (χ3v) is 3.15. The molecule has 2 aromatic carbocycles. The highest BCUT2D eigenvalue weighted by Crippen LogP contribution is 2.27. The molecule has 0 aromatic heterocycles. The van der Waals surface area contributed by atoms with E-state index < -0.39 is 11.9 Å². The number of phenolic OH excluding ortho intramolecular Hbond substituents is 1. The number of ether oxygens (including phenoxy) is 2. The summed E-state index contributed by atoms with van der Waals surface area (Å²) in [5.41, 5.74) is -0.0332. The molecule has 0 aliphatic carbocycles. The fourth-order valence-corrected chi connectivity index (χ4v) is 1.96. The first-order valence-electron chi connectivity index (χ1n) is 6.56. The normalized spacial score (nSPS) is 10.0. The average molecular weight is 317 g/mol. The van der Waals surface area contributed by atoms with Crippen LogP contribution in [0.2, 0.25) is 0 Å². The van der Waals surface area contributed by atoms with Crippen LogP contribution in [0.4, 0.5) is 5.69 Å². The molecule has 0 heterocycles. The van der Waals surface area contributed by atoms with Gasteiger partial charge in [0.1, 0.15) is 17.2 Å². The average Bonchev–Trinajstić information content (AvgIpc) is 2.54. The van der Waals surface area contributed by atoms with Crippen LogP contribution in [0.5, 0.6) is 17.2 Å². The Morgan fingerprint density at radius 2 is 1.52 bits per heavy atom. The molecule has 3 N–H and O–H groups in total. The molecule has 1 amide bonds. The number of carbonyl (C=O) groups is 2. The van der Waals surface area contributed by atoms with Crippen LogP contribution in [0.3, 0.4) is 0 Å². The Bertz CT molecular complexity index is 756. The monoisotopic (exact) mass is 317 g/mol.